The second-order valence-electron chi connectivity index (χ2n) is 9.71. The molecular weight excluding hydrogens is 424 g/mol. The molecule has 1 aliphatic heterocycles. The van der Waals surface area contributed by atoms with Crippen LogP contribution >= 0.6 is 0 Å². The molecule has 0 bridgehead atoms. The topological polar surface area (TPSA) is 55.8 Å². The fourth-order valence-corrected chi connectivity index (χ4v) is 5.37. The number of carboxylic acid groups (broad SMARTS) is 1. The summed E-state index contributed by atoms with van der Waals surface area (Å²) in [4.78, 5) is 11.5. The molecule has 3 aliphatic rings. The smallest absolute Gasteiger partial charge is 0.332 e. The van der Waals surface area contributed by atoms with Crippen molar-refractivity contribution in [3.8, 4) is 0 Å². The summed E-state index contributed by atoms with van der Waals surface area (Å²) >= 11 is 0. The molecule has 2 aliphatic carbocycles. The van der Waals surface area contributed by atoms with E-state index in [1.807, 2.05) is 36.5 Å². The molecule has 1 fully saturated rings. The Bertz CT molecular complexity index is 801. The molecule has 4 heteroatoms. The highest BCUT2D eigenvalue weighted by molar-refractivity contribution is 5.88. The zero-order valence-electron chi connectivity index (χ0n) is 20.7. The third-order valence-electron chi connectivity index (χ3n) is 7.19. The van der Waals surface area contributed by atoms with Crippen molar-refractivity contribution in [3.63, 3.8) is 0 Å². The van der Waals surface area contributed by atoms with Gasteiger partial charge in [0.1, 0.15) is 0 Å². The summed E-state index contributed by atoms with van der Waals surface area (Å²) in [5.41, 5.74) is 0.491. The zero-order valence-corrected chi connectivity index (χ0v) is 20.7. The fourth-order valence-electron chi connectivity index (χ4n) is 5.37. The van der Waals surface area contributed by atoms with Gasteiger partial charge in [-0.05, 0) is 68.9 Å². The van der Waals surface area contributed by atoms with Crippen molar-refractivity contribution in [2.45, 2.75) is 89.9 Å². The molecule has 0 spiro atoms. The van der Waals surface area contributed by atoms with E-state index in [1.54, 1.807) is 12.3 Å². The quantitative estimate of drug-likeness (QED) is 0.123. The number of carboxylic acids is 1. The van der Waals surface area contributed by atoms with Gasteiger partial charge in [0.15, 0.2) is 0 Å². The van der Waals surface area contributed by atoms with Crippen molar-refractivity contribution in [3.05, 3.63) is 72.6 Å². The van der Waals surface area contributed by atoms with E-state index in [-0.39, 0.29) is 18.3 Å². The minimum atomic E-state index is -0.813. The summed E-state index contributed by atoms with van der Waals surface area (Å²) < 4.78 is 11.7. The van der Waals surface area contributed by atoms with Gasteiger partial charge in [0.25, 0.3) is 0 Å². The van der Waals surface area contributed by atoms with Gasteiger partial charge in [0.05, 0.1) is 12.4 Å². The third kappa shape index (κ3) is 8.79. The molecule has 0 amide bonds. The second-order valence-corrected chi connectivity index (χ2v) is 9.71. The Morgan fingerprint density at radius 2 is 2.03 bits per heavy atom. The van der Waals surface area contributed by atoms with E-state index < -0.39 is 5.97 Å². The first-order valence-electron chi connectivity index (χ1n) is 13.3. The SMILES string of the molecule is CCCC(CCCC[C@H]1CCC[C@@H]1C=CC=CC=C(C(=O)O)C1C=CCC1)OC1C=CC=CO1. The summed E-state index contributed by atoms with van der Waals surface area (Å²) in [5.74, 6) is 0.641. The van der Waals surface area contributed by atoms with Gasteiger partial charge in [-0.15, -0.1) is 0 Å². The van der Waals surface area contributed by atoms with Gasteiger partial charge in [-0.1, -0.05) is 81.2 Å². The monoisotopic (exact) mass is 466 g/mol. The normalized spacial score (nSPS) is 27.7. The number of hydrogen-bond acceptors (Lipinski definition) is 3. The van der Waals surface area contributed by atoms with Gasteiger partial charge in [0.2, 0.25) is 6.29 Å². The van der Waals surface area contributed by atoms with Crippen LogP contribution in [0.5, 0.6) is 0 Å². The summed E-state index contributed by atoms with van der Waals surface area (Å²) in [6, 6.07) is 0. The molecule has 0 saturated heterocycles. The Kier molecular flexibility index (Phi) is 11.5. The maximum Gasteiger partial charge on any atom is 0.332 e. The Hall–Kier alpha value is -2.33. The van der Waals surface area contributed by atoms with Gasteiger partial charge in [0, 0.05) is 11.5 Å². The Labute approximate surface area is 205 Å². The van der Waals surface area contributed by atoms with Crippen LogP contribution in [0.4, 0.5) is 0 Å². The average molecular weight is 467 g/mol. The van der Waals surface area contributed by atoms with E-state index in [4.69, 9.17) is 9.47 Å². The Morgan fingerprint density at radius 3 is 2.76 bits per heavy atom. The number of hydrogen-bond donors (Lipinski definition) is 1. The minimum absolute atomic E-state index is 0.0520. The first kappa shape index (κ1) is 26.3. The standard InChI is InChI=1S/C30H42O4/c1-2-13-27(34-29-22-10-11-23-33-29)20-9-8-15-25-19-12-18-24(25)14-4-3-5-21-28(30(31)32)26-16-6-7-17-26/h3-6,10-11,14,16,21-27,29H,2,7-9,12-13,15,17-20H2,1H3,(H,31,32)/t24-,25-,26?,27?,29?/m0/s1. The number of rotatable bonds is 14. The highest BCUT2D eigenvalue weighted by Crippen LogP contribution is 2.36. The fraction of sp³-hybridized carbons (Fsp3) is 0.567. The maximum atomic E-state index is 11.5. The van der Waals surface area contributed by atoms with E-state index >= 15 is 0 Å². The third-order valence-corrected chi connectivity index (χ3v) is 7.19. The molecule has 0 radical (unpaired) electrons. The average Bonchev–Trinajstić information content (AvgIpc) is 3.52. The van der Waals surface area contributed by atoms with Crippen LogP contribution in [-0.4, -0.2) is 23.5 Å². The lowest BCUT2D eigenvalue weighted by molar-refractivity contribution is -0.133. The molecule has 5 atom stereocenters. The lowest BCUT2D eigenvalue weighted by atomic mass is 9.90. The molecule has 0 aromatic carbocycles. The van der Waals surface area contributed by atoms with Crippen LogP contribution < -0.4 is 0 Å². The Balaban J connectivity index is 1.39. The first-order chi connectivity index (χ1) is 16.7. The van der Waals surface area contributed by atoms with E-state index in [9.17, 15) is 9.90 Å². The van der Waals surface area contributed by atoms with E-state index in [2.05, 4.69) is 25.2 Å². The number of carbonyl (C=O) groups is 1. The highest BCUT2D eigenvalue weighted by Gasteiger charge is 2.25. The lowest BCUT2D eigenvalue weighted by Gasteiger charge is -2.23. The molecule has 1 saturated carbocycles. The largest absolute Gasteiger partial charge is 0.478 e. The van der Waals surface area contributed by atoms with Crippen molar-refractivity contribution in [1.29, 1.82) is 0 Å². The van der Waals surface area contributed by atoms with Crippen LogP contribution in [0.15, 0.2) is 72.6 Å². The van der Waals surface area contributed by atoms with Crippen LogP contribution in [0.25, 0.3) is 0 Å². The van der Waals surface area contributed by atoms with Crippen LogP contribution in [0.3, 0.4) is 0 Å². The first-order valence-corrected chi connectivity index (χ1v) is 13.3. The molecular formula is C30H42O4. The van der Waals surface area contributed by atoms with E-state index in [0.717, 1.165) is 38.0 Å². The highest BCUT2D eigenvalue weighted by atomic mass is 16.7. The molecule has 3 unspecified atom stereocenters. The van der Waals surface area contributed by atoms with Gasteiger partial charge < -0.3 is 14.6 Å². The lowest BCUT2D eigenvalue weighted by Crippen LogP contribution is -2.22. The number of allylic oxidation sites excluding steroid dienone is 9. The Morgan fingerprint density at radius 1 is 1.12 bits per heavy atom. The number of unbranched alkanes of at least 4 members (excludes halogenated alkanes) is 1. The number of ether oxygens (including phenoxy) is 2. The zero-order chi connectivity index (χ0) is 24.0. The summed E-state index contributed by atoms with van der Waals surface area (Å²) in [6.45, 7) is 2.21. The summed E-state index contributed by atoms with van der Waals surface area (Å²) in [7, 11) is 0. The number of aliphatic carboxylic acids is 1. The van der Waals surface area contributed by atoms with Gasteiger partial charge in [-0.3, -0.25) is 0 Å². The molecule has 186 valence electrons. The maximum absolute atomic E-state index is 11.5. The van der Waals surface area contributed by atoms with Crippen molar-refractivity contribution in [1.82, 2.24) is 0 Å². The minimum Gasteiger partial charge on any atom is -0.478 e. The summed E-state index contributed by atoms with van der Waals surface area (Å²) in [6.07, 6.45) is 34.5. The van der Waals surface area contributed by atoms with Gasteiger partial charge in [-0.25, -0.2) is 4.79 Å². The molecule has 3 rings (SSSR count). The molecule has 4 nitrogen and oxygen atoms in total. The van der Waals surface area contributed by atoms with E-state index in [0.29, 0.717) is 11.5 Å². The molecule has 0 aromatic heterocycles. The van der Waals surface area contributed by atoms with Crippen LogP contribution in [-0.2, 0) is 14.3 Å². The predicted molar refractivity (Wildman–Crippen MR) is 138 cm³/mol. The van der Waals surface area contributed by atoms with Gasteiger partial charge in [-0.2, -0.15) is 0 Å². The van der Waals surface area contributed by atoms with Crippen molar-refractivity contribution in [2.24, 2.45) is 17.8 Å². The second kappa shape index (κ2) is 14.8. The van der Waals surface area contributed by atoms with Gasteiger partial charge >= 0.3 is 5.97 Å². The van der Waals surface area contributed by atoms with Crippen LogP contribution in [0.2, 0.25) is 0 Å². The summed E-state index contributed by atoms with van der Waals surface area (Å²) in [5, 5.41) is 9.47. The van der Waals surface area contributed by atoms with E-state index in [1.165, 1.54) is 38.5 Å². The van der Waals surface area contributed by atoms with Crippen molar-refractivity contribution >= 4 is 5.97 Å². The predicted octanol–water partition coefficient (Wildman–Crippen LogP) is 7.66. The molecule has 0 aromatic rings. The molecule has 1 heterocycles. The molecule has 1 N–H and O–H groups in total. The van der Waals surface area contributed by atoms with Crippen LogP contribution in [0, 0.1) is 17.8 Å². The van der Waals surface area contributed by atoms with Crippen LogP contribution in [0.1, 0.15) is 77.6 Å². The van der Waals surface area contributed by atoms with Crippen molar-refractivity contribution in [2.75, 3.05) is 0 Å². The van der Waals surface area contributed by atoms with Crippen molar-refractivity contribution < 1.29 is 19.4 Å². The molecule has 34 heavy (non-hydrogen) atoms.